The minimum absolute atomic E-state index is 0.00648. The average molecular weight is 319 g/mol. The summed E-state index contributed by atoms with van der Waals surface area (Å²) in [6.07, 6.45) is 2.91. The SMILES string of the molecule is COc1ccc(CC(=O)N2CCOC[C@@H]2[C@H]2CCC[C@H]2O)cc1. The number of hydrogen-bond acceptors (Lipinski definition) is 4. The number of hydrogen-bond donors (Lipinski definition) is 1. The maximum absolute atomic E-state index is 12.8. The molecule has 1 N–H and O–H groups in total. The molecule has 3 atom stereocenters. The van der Waals surface area contributed by atoms with E-state index in [4.69, 9.17) is 9.47 Å². The molecular formula is C18H25NO4. The van der Waals surface area contributed by atoms with Crippen molar-refractivity contribution in [2.75, 3.05) is 26.9 Å². The third kappa shape index (κ3) is 3.67. The van der Waals surface area contributed by atoms with E-state index in [1.54, 1.807) is 7.11 Å². The van der Waals surface area contributed by atoms with E-state index in [1.165, 1.54) is 0 Å². The first-order valence-electron chi connectivity index (χ1n) is 8.37. The standard InChI is InChI=1S/C18H25NO4/c1-22-14-7-5-13(6-8-14)11-18(21)19-9-10-23-12-16(19)15-3-2-4-17(15)20/h5-8,15-17,20H,2-4,9-12H2,1H3/t15-,16-,17-/m1/s1. The lowest BCUT2D eigenvalue weighted by Crippen LogP contribution is -2.54. The number of benzene rings is 1. The molecule has 0 aromatic heterocycles. The second-order valence-electron chi connectivity index (χ2n) is 6.42. The van der Waals surface area contributed by atoms with Crippen molar-refractivity contribution in [3.05, 3.63) is 29.8 Å². The maximum atomic E-state index is 12.8. The molecule has 1 heterocycles. The molecule has 1 aliphatic heterocycles. The maximum Gasteiger partial charge on any atom is 0.227 e. The van der Waals surface area contributed by atoms with E-state index in [0.29, 0.717) is 26.2 Å². The Morgan fingerprint density at radius 3 is 2.78 bits per heavy atom. The number of aliphatic hydroxyl groups is 1. The van der Waals surface area contributed by atoms with Crippen LogP contribution in [0.5, 0.6) is 5.75 Å². The molecule has 1 saturated heterocycles. The zero-order chi connectivity index (χ0) is 16.2. The lowest BCUT2D eigenvalue weighted by molar-refractivity contribution is -0.143. The summed E-state index contributed by atoms with van der Waals surface area (Å²) in [7, 11) is 1.63. The summed E-state index contributed by atoms with van der Waals surface area (Å²) in [5, 5.41) is 10.2. The fraction of sp³-hybridized carbons (Fsp3) is 0.611. The van der Waals surface area contributed by atoms with Crippen LogP contribution in [0.15, 0.2) is 24.3 Å². The van der Waals surface area contributed by atoms with E-state index in [1.807, 2.05) is 29.2 Å². The second-order valence-corrected chi connectivity index (χ2v) is 6.42. The number of morpholine rings is 1. The van der Waals surface area contributed by atoms with Crippen LogP contribution in [0.3, 0.4) is 0 Å². The summed E-state index contributed by atoms with van der Waals surface area (Å²) in [4.78, 5) is 14.7. The van der Waals surface area contributed by atoms with Crippen molar-refractivity contribution < 1.29 is 19.4 Å². The van der Waals surface area contributed by atoms with Gasteiger partial charge in [0.1, 0.15) is 5.75 Å². The predicted molar refractivity (Wildman–Crippen MR) is 86.4 cm³/mol. The molecule has 0 spiro atoms. The number of nitrogens with zero attached hydrogens (tertiary/aromatic N) is 1. The van der Waals surface area contributed by atoms with E-state index in [2.05, 4.69) is 0 Å². The molecule has 5 heteroatoms. The Balaban J connectivity index is 1.68. The van der Waals surface area contributed by atoms with Crippen molar-refractivity contribution in [1.29, 1.82) is 0 Å². The Morgan fingerprint density at radius 1 is 1.35 bits per heavy atom. The summed E-state index contributed by atoms with van der Waals surface area (Å²) in [5.74, 6) is 1.05. The molecule has 5 nitrogen and oxygen atoms in total. The van der Waals surface area contributed by atoms with Crippen LogP contribution in [0.4, 0.5) is 0 Å². The van der Waals surface area contributed by atoms with E-state index in [0.717, 1.165) is 30.6 Å². The van der Waals surface area contributed by atoms with Crippen LogP contribution >= 0.6 is 0 Å². The van der Waals surface area contributed by atoms with Crippen LogP contribution in [0.2, 0.25) is 0 Å². The van der Waals surface area contributed by atoms with Gasteiger partial charge >= 0.3 is 0 Å². The number of methoxy groups -OCH3 is 1. The smallest absolute Gasteiger partial charge is 0.227 e. The summed E-state index contributed by atoms with van der Waals surface area (Å²) < 4.78 is 10.7. The fourth-order valence-corrected chi connectivity index (χ4v) is 3.72. The van der Waals surface area contributed by atoms with Crippen LogP contribution < -0.4 is 4.74 Å². The van der Waals surface area contributed by atoms with Gasteiger partial charge in [0.15, 0.2) is 0 Å². The highest BCUT2D eigenvalue weighted by atomic mass is 16.5. The quantitative estimate of drug-likeness (QED) is 0.916. The summed E-state index contributed by atoms with van der Waals surface area (Å²) >= 11 is 0. The van der Waals surface area contributed by atoms with Gasteiger partial charge < -0.3 is 19.5 Å². The van der Waals surface area contributed by atoms with E-state index in [9.17, 15) is 9.90 Å². The van der Waals surface area contributed by atoms with E-state index >= 15 is 0 Å². The zero-order valence-electron chi connectivity index (χ0n) is 13.6. The molecule has 1 aromatic carbocycles. The van der Waals surface area contributed by atoms with Crippen LogP contribution in [-0.2, 0) is 16.0 Å². The predicted octanol–water partition coefficient (Wildman–Crippen LogP) is 1.63. The van der Waals surface area contributed by atoms with Gasteiger partial charge in [0, 0.05) is 12.5 Å². The van der Waals surface area contributed by atoms with Gasteiger partial charge in [-0.25, -0.2) is 0 Å². The van der Waals surface area contributed by atoms with Crippen molar-refractivity contribution in [2.24, 2.45) is 5.92 Å². The minimum atomic E-state index is -0.307. The lowest BCUT2D eigenvalue weighted by Gasteiger charge is -2.40. The minimum Gasteiger partial charge on any atom is -0.497 e. The third-order valence-corrected chi connectivity index (χ3v) is 5.03. The first kappa shape index (κ1) is 16.3. The van der Waals surface area contributed by atoms with Crippen LogP contribution in [0.1, 0.15) is 24.8 Å². The third-order valence-electron chi connectivity index (χ3n) is 5.03. The molecule has 0 unspecified atom stereocenters. The number of aliphatic hydroxyl groups excluding tert-OH is 1. The fourth-order valence-electron chi connectivity index (χ4n) is 3.72. The second kappa shape index (κ2) is 7.32. The molecule has 1 aromatic rings. The number of ether oxygens (including phenoxy) is 2. The number of rotatable bonds is 4. The van der Waals surface area contributed by atoms with Crippen molar-refractivity contribution in [3.8, 4) is 5.75 Å². The van der Waals surface area contributed by atoms with Gasteiger partial charge in [-0.15, -0.1) is 0 Å². The topological polar surface area (TPSA) is 59.0 Å². The number of amides is 1. The Kier molecular flexibility index (Phi) is 5.18. The van der Waals surface area contributed by atoms with Crippen molar-refractivity contribution >= 4 is 5.91 Å². The highest BCUT2D eigenvalue weighted by molar-refractivity contribution is 5.79. The molecule has 0 bridgehead atoms. The summed E-state index contributed by atoms with van der Waals surface area (Å²) in [6.45, 7) is 1.73. The van der Waals surface area contributed by atoms with Crippen molar-refractivity contribution in [2.45, 2.75) is 37.8 Å². The van der Waals surface area contributed by atoms with Crippen LogP contribution in [-0.4, -0.2) is 54.9 Å². The normalized spacial score (nSPS) is 27.9. The van der Waals surface area contributed by atoms with Gasteiger partial charge in [0.2, 0.25) is 5.91 Å². The summed E-state index contributed by atoms with van der Waals surface area (Å²) in [5.41, 5.74) is 0.980. The van der Waals surface area contributed by atoms with Crippen molar-refractivity contribution in [3.63, 3.8) is 0 Å². The first-order valence-corrected chi connectivity index (χ1v) is 8.37. The molecular weight excluding hydrogens is 294 g/mol. The summed E-state index contributed by atoms with van der Waals surface area (Å²) in [6, 6.07) is 7.61. The van der Waals surface area contributed by atoms with Gasteiger partial charge in [-0.1, -0.05) is 18.6 Å². The molecule has 1 amide bonds. The van der Waals surface area contributed by atoms with E-state index in [-0.39, 0.29) is 24.0 Å². The molecule has 3 rings (SSSR count). The molecule has 23 heavy (non-hydrogen) atoms. The Labute approximate surface area is 137 Å². The molecule has 2 fully saturated rings. The Hall–Kier alpha value is -1.59. The molecule has 126 valence electrons. The van der Waals surface area contributed by atoms with Crippen molar-refractivity contribution in [1.82, 2.24) is 4.90 Å². The van der Waals surface area contributed by atoms with Crippen LogP contribution in [0, 0.1) is 5.92 Å². The highest BCUT2D eigenvalue weighted by Gasteiger charge is 2.39. The molecule has 0 radical (unpaired) electrons. The number of carbonyl (C=O) groups excluding carboxylic acids is 1. The molecule has 1 saturated carbocycles. The lowest BCUT2D eigenvalue weighted by atomic mass is 9.93. The average Bonchev–Trinajstić information content (AvgIpc) is 3.01. The van der Waals surface area contributed by atoms with E-state index < -0.39 is 0 Å². The highest BCUT2D eigenvalue weighted by Crippen LogP contribution is 2.32. The largest absolute Gasteiger partial charge is 0.497 e. The van der Waals surface area contributed by atoms with Gasteiger partial charge in [0.25, 0.3) is 0 Å². The first-order chi connectivity index (χ1) is 11.2. The molecule has 1 aliphatic carbocycles. The van der Waals surface area contributed by atoms with Gasteiger partial charge in [-0.05, 0) is 30.5 Å². The van der Waals surface area contributed by atoms with Gasteiger partial charge in [-0.2, -0.15) is 0 Å². The monoisotopic (exact) mass is 319 g/mol. The Morgan fingerprint density at radius 2 is 2.13 bits per heavy atom. The van der Waals surface area contributed by atoms with Gasteiger partial charge in [0.05, 0.1) is 38.9 Å². The zero-order valence-corrected chi connectivity index (χ0v) is 13.6. The van der Waals surface area contributed by atoms with Gasteiger partial charge in [-0.3, -0.25) is 4.79 Å². The Bertz CT molecular complexity index is 530. The molecule has 2 aliphatic rings. The van der Waals surface area contributed by atoms with Crippen LogP contribution in [0.25, 0.3) is 0 Å². The number of carbonyl (C=O) groups is 1.